The summed E-state index contributed by atoms with van der Waals surface area (Å²) in [5, 5.41) is 3.34. The summed E-state index contributed by atoms with van der Waals surface area (Å²) in [7, 11) is 0. The number of amides is 1. The Morgan fingerprint density at radius 1 is 1.12 bits per heavy atom. The van der Waals surface area contributed by atoms with Crippen molar-refractivity contribution in [3.63, 3.8) is 0 Å². The predicted molar refractivity (Wildman–Crippen MR) is 90.5 cm³/mol. The molecule has 4 nitrogen and oxygen atoms in total. The van der Waals surface area contributed by atoms with Crippen molar-refractivity contribution >= 4 is 22.6 Å². The fourth-order valence-electron chi connectivity index (χ4n) is 2.78. The number of rotatable bonds is 5. The molecule has 5 heteroatoms. The number of hydrogen-bond donors (Lipinski definition) is 2. The van der Waals surface area contributed by atoms with Gasteiger partial charge in [0.1, 0.15) is 5.82 Å². The Balaban J connectivity index is 1.68. The molecule has 0 radical (unpaired) electrons. The number of carbonyl (C=O) groups excluding carboxylic acids is 2. The molecule has 1 amide bonds. The Morgan fingerprint density at radius 3 is 2.71 bits per heavy atom. The third-order valence-electron chi connectivity index (χ3n) is 3.92. The number of aromatic amines is 1. The van der Waals surface area contributed by atoms with E-state index in [1.807, 2.05) is 24.3 Å². The number of ketones is 1. The van der Waals surface area contributed by atoms with E-state index in [4.69, 9.17) is 0 Å². The van der Waals surface area contributed by atoms with E-state index in [1.54, 1.807) is 19.1 Å². The monoisotopic (exact) mass is 324 g/mol. The van der Waals surface area contributed by atoms with Crippen molar-refractivity contribution in [2.75, 3.05) is 6.54 Å². The van der Waals surface area contributed by atoms with Gasteiger partial charge >= 0.3 is 0 Å². The molecule has 0 fully saturated rings. The molecule has 122 valence electrons. The Hall–Kier alpha value is -2.95. The maximum absolute atomic E-state index is 13.1. The van der Waals surface area contributed by atoms with Gasteiger partial charge in [0.15, 0.2) is 0 Å². The third kappa shape index (κ3) is 3.20. The van der Waals surface area contributed by atoms with Crippen LogP contribution in [0.4, 0.5) is 4.39 Å². The fourth-order valence-corrected chi connectivity index (χ4v) is 2.78. The summed E-state index contributed by atoms with van der Waals surface area (Å²) in [6, 6.07) is 13.5. The van der Waals surface area contributed by atoms with Crippen LogP contribution in [-0.2, 0) is 11.2 Å². The van der Waals surface area contributed by atoms with Crippen molar-refractivity contribution < 1.29 is 14.0 Å². The van der Waals surface area contributed by atoms with Crippen LogP contribution >= 0.6 is 0 Å². The zero-order chi connectivity index (χ0) is 17.1. The number of para-hydroxylation sites is 1. The van der Waals surface area contributed by atoms with E-state index in [-0.39, 0.29) is 12.4 Å². The van der Waals surface area contributed by atoms with Gasteiger partial charge in [-0.2, -0.15) is 0 Å². The Labute approximate surface area is 138 Å². The summed E-state index contributed by atoms with van der Waals surface area (Å²) in [5.74, 6) is -1.53. The third-order valence-corrected chi connectivity index (χ3v) is 3.92. The molecule has 0 aliphatic rings. The molecule has 2 aromatic carbocycles. The number of Topliss-reactive ketones (excluding diaryl/α,β-unsaturated/α-hetero) is 1. The maximum atomic E-state index is 13.1. The van der Waals surface area contributed by atoms with Gasteiger partial charge in [-0.05, 0) is 37.1 Å². The summed E-state index contributed by atoms with van der Waals surface area (Å²) in [4.78, 5) is 27.7. The molecular formula is C19H17FN2O2. The molecule has 0 saturated carbocycles. The molecule has 0 bridgehead atoms. The standard InChI is InChI=1S/C19H17FN2O2/c1-12-17(15-7-2-3-8-16(15)22-12)18(23)19(24)21-10-9-13-5-4-6-14(20)11-13/h2-8,11,22H,9-10H2,1H3,(H,21,24). The molecule has 3 aromatic rings. The lowest BCUT2D eigenvalue weighted by atomic mass is 10.1. The van der Waals surface area contributed by atoms with Crippen LogP contribution in [0.25, 0.3) is 10.9 Å². The number of aromatic nitrogens is 1. The number of fused-ring (bicyclic) bond motifs is 1. The van der Waals surface area contributed by atoms with Crippen LogP contribution in [0.2, 0.25) is 0 Å². The highest BCUT2D eigenvalue weighted by atomic mass is 19.1. The molecule has 1 aromatic heterocycles. The summed E-state index contributed by atoms with van der Waals surface area (Å²) >= 11 is 0. The van der Waals surface area contributed by atoms with Gasteiger partial charge in [0.25, 0.3) is 11.7 Å². The minimum Gasteiger partial charge on any atom is -0.358 e. The van der Waals surface area contributed by atoms with Crippen molar-refractivity contribution in [3.8, 4) is 0 Å². The number of halogens is 1. The van der Waals surface area contributed by atoms with E-state index in [0.717, 1.165) is 16.5 Å². The molecule has 3 rings (SSSR count). The van der Waals surface area contributed by atoms with E-state index in [9.17, 15) is 14.0 Å². The highest BCUT2D eigenvalue weighted by Crippen LogP contribution is 2.22. The molecule has 1 heterocycles. The van der Waals surface area contributed by atoms with Crippen LogP contribution in [0.1, 0.15) is 21.6 Å². The number of carbonyl (C=O) groups is 2. The molecule has 0 atom stereocenters. The molecule has 0 aliphatic carbocycles. The minimum absolute atomic E-state index is 0.273. The zero-order valence-corrected chi connectivity index (χ0v) is 13.2. The first-order valence-electron chi connectivity index (χ1n) is 7.70. The van der Waals surface area contributed by atoms with Crippen LogP contribution in [0.15, 0.2) is 48.5 Å². The highest BCUT2D eigenvalue weighted by molar-refractivity contribution is 6.45. The topological polar surface area (TPSA) is 62.0 Å². The van der Waals surface area contributed by atoms with Crippen LogP contribution < -0.4 is 5.32 Å². The first kappa shape index (κ1) is 15.9. The van der Waals surface area contributed by atoms with Crippen molar-refractivity contribution in [1.82, 2.24) is 10.3 Å². The van der Waals surface area contributed by atoms with Crippen LogP contribution in [0.3, 0.4) is 0 Å². The summed E-state index contributed by atoms with van der Waals surface area (Å²) in [5.41, 5.74) is 2.66. The van der Waals surface area contributed by atoms with Gasteiger partial charge in [-0.3, -0.25) is 9.59 Å². The molecule has 24 heavy (non-hydrogen) atoms. The number of hydrogen-bond acceptors (Lipinski definition) is 2. The lowest BCUT2D eigenvalue weighted by Gasteiger charge is -2.05. The number of aryl methyl sites for hydroxylation is 1. The highest BCUT2D eigenvalue weighted by Gasteiger charge is 2.22. The van der Waals surface area contributed by atoms with Crippen LogP contribution in [0.5, 0.6) is 0 Å². The molecular weight excluding hydrogens is 307 g/mol. The number of benzene rings is 2. The van der Waals surface area contributed by atoms with Gasteiger partial charge in [-0.1, -0.05) is 30.3 Å². The van der Waals surface area contributed by atoms with Gasteiger partial charge < -0.3 is 10.3 Å². The van der Waals surface area contributed by atoms with Gasteiger partial charge in [0.2, 0.25) is 0 Å². The first-order chi connectivity index (χ1) is 11.6. The summed E-state index contributed by atoms with van der Waals surface area (Å²) in [6.45, 7) is 2.04. The molecule has 0 saturated heterocycles. The van der Waals surface area contributed by atoms with Gasteiger partial charge in [0, 0.05) is 23.1 Å². The second-order valence-corrected chi connectivity index (χ2v) is 5.64. The predicted octanol–water partition coefficient (Wildman–Crippen LogP) is 3.16. The Morgan fingerprint density at radius 2 is 1.92 bits per heavy atom. The lowest BCUT2D eigenvalue weighted by Crippen LogP contribution is -2.32. The van der Waals surface area contributed by atoms with Crippen molar-refractivity contribution in [2.45, 2.75) is 13.3 Å². The van der Waals surface area contributed by atoms with E-state index in [0.29, 0.717) is 17.7 Å². The minimum atomic E-state index is -0.653. The average molecular weight is 324 g/mol. The van der Waals surface area contributed by atoms with E-state index in [1.165, 1.54) is 12.1 Å². The largest absolute Gasteiger partial charge is 0.358 e. The summed E-state index contributed by atoms with van der Waals surface area (Å²) < 4.78 is 13.1. The second kappa shape index (κ2) is 6.66. The molecule has 0 aliphatic heterocycles. The molecule has 0 unspecified atom stereocenters. The van der Waals surface area contributed by atoms with Crippen molar-refractivity contribution in [1.29, 1.82) is 0 Å². The van der Waals surface area contributed by atoms with Crippen LogP contribution in [-0.4, -0.2) is 23.2 Å². The second-order valence-electron chi connectivity index (χ2n) is 5.64. The van der Waals surface area contributed by atoms with Crippen molar-refractivity contribution in [3.05, 3.63) is 71.2 Å². The van der Waals surface area contributed by atoms with E-state index in [2.05, 4.69) is 10.3 Å². The Kier molecular flexibility index (Phi) is 4.42. The quantitative estimate of drug-likeness (QED) is 0.559. The molecule has 0 spiro atoms. The van der Waals surface area contributed by atoms with Crippen molar-refractivity contribution in [2.24, 2.45) is 0 Å². The SMILES string of the molecule is Cc1[nH]c2ccccc2c1C(=O)C(=O)NCCc1cccc(F)c1. The van der Waals surface area contributed by atoms with E-state index < -0.39 is 11.7 Å². The average Bonchev–Trinajstić information content (AvgIpc) is 2.90. The number of H-pyrrole nitrogens is 1. The van der Waals surface area contributed by atoms with Crippen LogP contribution in [0, 0.1) is 12.7 Å². The smallest absolute Gasteiger partial charge is 0.292 e. The fraction of sp³-hybridized carbons (Fsp3) is 0.158. The van der Waals surface area contributed by atoms with Gasteiger partial charge in [0.05, 0.1) is 5.56 Å². The molecule has 2 N–H and O–H groups in total. The normalized spacial score (nSPS) is 10.8. The van der Waals surface area contributed by atoms with Gasteiger partial charge in [-0.25, -0.2) is 4.39 Å². The first-order valence-corrected chi connectivity index (χ1v) is 7.70. The zero-order valence-electron chi connectivity index (χ0n) is 13.2. The van der Waals surface area contributed by atoms with Gasteiger partial charge in [-0.15, -0.1) is 0 Å². The van der Waals surface area contributed by atoms with E-state index >= 15 is 0 Å². The lowest BCUT2D eigenvalue weighted by molar-refractivity contribution is -0.116. The maximum Gasteiger partial charge on any atom is 0.292 e. The summed E-state index contributed by atoms with van der Waals surface area (Å²) in [6.07, 6.45) is 0.462. The Bertz CT molecular complexity index is 915. The number of nitrogens with one attached hydrogen (secondary N) is 2.